The SMILES string of the molecule is CCN(CCN)c1nccc(C)c1Br. The fraction of sp³-hybridized carbons (Fsp3) is 0.500. The van der Waals surface area contributed by atoms with Crippen LogP contribution in [0, 0.1) is 6.92 Å². The highest BCUT2D eigenvalue weighted by Gasteiger charge is 2.09. The van der Waals surface area contributed by atoms with Crippen molar-refractivity contribution in [3.05, 3.63) is 22.3 Å². The number of aromatic nitrogens is 1. The van der Waals surface area contributed by atoms with E-state index in [9.17, 15) is 0 Å². The lowest BCUT2D eigenvalue weighted by atomic mass is 10.3. The van der Waals surface area contributed by atoms with E-state index in [1.807, 2.05) is 12.3 Å². The first kappa shape index (κ1) is 11.5. The number of anilines is 1. The van der Waals surface area contributed by atoms with Crippen LogP contribution in [0.15, 0.2) is 16.7 Å². The maximum Gasteiger partial charge on any atom is 0.143 e. The first-order valence-corrected chi connectivity index (χ1v) is 5.56. The average molecular weight is 258 g/mol. The number of nitrogens with two attached hydrogens (primary N) is 1. The number of aryl methyl sites for hydroxylation is 1. The summed E-state index contributed by atoms with van der Waals surface area (Å²) in [6.07, 6.45) is 1.83. The molecule has 78 valence electrons. The van der Waals surface area contributed by atoms with Crippen LogP contribution in [-0.2, 0) is 0 Å². The normalized spacial score (nSPS) is 10.3. The van der Waals surface area contributed by atoms with Gasteiger partial charge in [-0.2, -0.15) is 0 Å². The van der Waals surface area contributed by atoms with Gasteiger partial charge in [0.2, 0.25) is 0 Å². The molecule has 0 atom stereocenters. The van der Waals surface area contributed by atoms with Gasteiger partial charge in [-0.15, -0.1) is 0 Å². The van der Waals surface area contributed by atoms with E-state index in [0.29, 0.717) is 6.54 Å². The Kier molecular flexibility index (Phi) is 4.35. The van der Waals surface area contributed by atoms with Crippen LogP contribution in [-0.4, -0.2) is 24.6 Å². The van der Waals surface area contributed by atoms with E-state index in [4.69, 9.17) is 5.73 Å². The topological polar surface area (TPSA) is 42.1 Å². The van der Waals surface area contributed by atoms with Crippen LogP contribution >= 0.6 is 15.9 Å². The molecule has 0 spiro atoms. The van der Waals surface area contributed by atoms with Gasteiger partial charge in [0.25, 0.3) is 0 Å². The molecule has 0 fully saturated rings. The summed E-state index contributed by atoms with van der Waals surface area (Å²) in [5.74, 6) is 0.984. The second-order valence-electron chi connectivity index (χ2n) is 3.13. The van der Waals surface area contributed by atoms with Crippen molar-refractivity contribution in [2.75, 3.05) is 24.5 Å². The Balaban J connectivity index is 2.97. The van der Waals surface area contributed by atoms with Crippen LogP contribution in [0.2, 0.25) is 0 Å². The van der Waals surface area contributed by atoms with Gasteiger partial charge in [-0.25, -0.2) is 4.98 Å². The lowest BCUT2D eigenvalue weighted by Crippen LogP contribution is -2.30. The minimum absolute atomic E-state index is 0.649. The van der Waals surface area contributed by atoms with Gasteiger partial charge in [0.15, 0.2) is 0 Å². The molecule has 1 aromatic heterocycles. The standard InChI is InChI=1S/C10H16BrN3/c1-3-14(7-5-12)10-9(11)8(2)4-6-13-10/h4,6H,3,5,7,12H2,1-2H3. The summed E-state index contributed by atoms with van der Waals surface area (Å²) in [6.45, 7) is 6.57. The highest BCUT2D eigenvalue weighted by molar-refractivity contribution is 9.10. The predicted octanol–water partition coefficient (Wildman–Crippen LogP) is 1.94. The van der Waals surface area contributed by atoms with Gasteiger partial charge in [-0.05, 0) is 41.4 Å². The van der Waals surface area contributed by atoms with Crippen LogP contribution in [0.25, 0.3) is 0 Å². The number of halogens is 1. The molecule has 0 saturated heterocycles. The summed E-state index contributed by atoms with van der Waals surface area (Å²) >= 11 is 3.55. The molecule has 0 radical (unpaired) electrons. The van der Waals surface area contributed by atoms with Gasteiger partial charge in [-0.1, -0.05) is 0 Å². The average Bonchev–Trinajstić information content (AvgIpc) is 2.19. The third-order valence-corrected chi connectivity index (χ3v) is 3.12. The molecule has 0 bridgehead atoms. The quantitative estimate of drug-likeness (QED) is 0.897. The van der Waals surface area contributed by atoms with Crippen molar-refractivity contribution in [3.63, 3.8) is 0 Å². The maximum absolute atomic E-state index is 5.55. The Morgan fingerprint density at radius 2 is 2.29 bits per heavy atom. The summed E-state index contributed by atoms with van der Waals surface area (Å²) in [6, 6.07) is 1.99. The molecule has 0 aliphatic rings. The van der Waals surface area contributed by atoms with Gasteiger partial charge in [-0.3, -0.25) is 0 Å². The van der Waals surface area contributed by atoms with E-state index in [0.717, 1.165) is 23.4 Å². The Morgan fingerprint density at radius 3 is 2.86 bits per heavy atom. The first-order chi connectivity index (χ1) is 6.70. The maximum atomic E-state index is 5.55. The largest absolute Gasteiger partial charge is 0.355 e. The second-order valence-corrected chi connectivity index (χ2v) is 3.93. The minimum Gasteiger partial charge on any atom is -0.355 e. The van der Waals surface area contributed by atoms with Crippen molar-refractivity contribution in [1.29, 1.82) is 0 Å². The van der Waals surface area contributed by atoms with Crippen molar-refractivity contribution < 1.29 is 0 Å². The Labute approximate surface area is 93.4 Å². The molecule has 0 saturated carbocycles. The van der Waals surface area contributed by atoms with Gasteiger partial charge in [0.1, 0.15) is 5.82 Å². The number of likely N-dealkylation sites (N-methyl/N-ethyl adjacent to an activating group) is 1. The van der Waals surface area contributed by atoms with Crippen molar-refractivity contribution in [3.8, 4) is 0 Å². The molecule has 1 rings (SSSR count). The van der Waals surface area contributed by atoms with Gasteiger partial charge in [0, 0.05) is 25.8 Å². The Bertz CT molecular complexity index is 301. The fourth-order valence-corrected chi connectivity index (χ4v) is 1.80. The summed E-state index contributed by atoms with van der Waals surface area (Å²) in [5, 5.41) is 0. The number of hydrogen-bond donors (Lipinski definition) is 1. The third kappa shape index (κ3) is 2.45. The zero-order valence-electron chi connectivity index (χ0n) is 8.63. The van der Waals surface area contributed by atoms with Crippen LogP contribution in [0.3, 0.4) is 0 Å². The summed E-state index contributed by atoms with van der Waals surface area (Å²) in [5.41, 5.74) is 6.75. The zero-order chi connectivity index (χ0) is 10.6. The first-order valence-electron chi connectivity index (χ1n) is 4.76. The van der Waals surface area contributed by atoms with E-state index >= 15 is 0 Å². The Hall–Kier alpha value is -0.610. The lowest BCUT2D eigenvalue weighted by molar-refractivity contribution is 0.798. The number of hydrogen-bond acceptors (Lipinski definition) is 3. The number of nitrogens with zero attached hydrogens (tertiary/aromatic N) is 2. The van der Waals surface area contributed by atoms with Crippen LogP contribution < -0.4 is 10.6 Å². The van der Waals surface area contributed by atoms with Crippen molar-refractivity contribution >= 4 is 21.7 Å². The number of pyridine rings is 1. The molecule has 4 heteroatoms. The van der Waals surface area contributed by atoms with Gasteiger partial charge >= 0.3 is 0 Å². The molecule has 3 nitrogen and oxygen atoms in total. The van der Waals surface area contributed by atoms with Gasteiger partial charge in [0.05, 0.1) is 4.47 Å². The highest BCUT2D eigenvalue weighted by Crippen LogP contribution is 2.26. The van der Waals surface area contributed by atoms with Crippen LogP contribution in [0.5, 0.6) is 0 Å². The smallest absolute Gasteiger partial charge is 0.143 e. The molecule has 0 aliphatic carbocycles. The summed E-state index contributed by atoms with van der Waals surface area (Å²) in [7, 11) is 0. The minimum atomic E-state index is 0.649. The molecule has 0 aliphatic heterocycles. The van der Waals surface area contributed by atoms with E-state index in [2.05, 4.69) is 39.7 Å². The molecular formula is C10H16BrN3. The predicted molar refractivity (Wildman–Crippen MR) is 63.6 cm³/mol. The number of rotatable bonds is 4. The van der Waals surface area contributed by atoms with Crippen LogP contribution in [0.1, 0.15) is 12.5 Å². The summed E-state index contributed by atoms with van der Waals surface area (Å²) in [4.78, 5) is 6.52. The van der Waals surface area contributed by atoms with E-state index < -0.39 is 0 Å². The molecule has 14 heavy (non-hydrogen) atoms. The van der Waals surface area contributed by atoms with Gasteiger partial charge < -0.3 is 10.6 Å². The lowest BCUT2D eigenvalue weighted by Gasteiger charge is -2.22. The van der Waals surface area contributed by atoms with E-state index in [1.165, 1.54) is 5.56 Å². The molecule has 0 amide bonds. The van der Waals surface area contributed by atoms with E-state index in [1.54, 1.807) is 0 Å². The van der Waals surface area contributed by atoms with E-state index in [-0.39, 0.29) is 0 Å². The van der Waals surface area contributed by atoms with Crippen molar-refractivity contribution in [1.82, 2.24) is 4.98 Å². The van der Waals surface area contributed by atoms with Crippen molar-refractivity contribution in [2.24, 2.45) is 5.73 Å². The summed E-state index contributed by atoms with van der Waals surface area (Å²) < 4.78 is 1.07. The molecule has 0 aromatic carbocycles. The Morgan fingerprint density at radius 1 is 1.57 bits per heavy atom. The third-order valence-electron chi connectivity index (χ3n) is 2.14. The highest BCUT2D eigenvalue weighted by atomic mass is 79.9. The second kappa shape index (κ2) is 5.32. The monoisotopic (exact) mass is 257 g/mol. The van der Waals surface area contributed by atoms with Crippen LogP contribution in [0.4, 0.5) is 5.82 Å². The zero-order valence-corrected chi connectivity index (χ0v) is 10.2. The molecule has 1 aromatic rings. The molecule has 0 unspecified atom stereocenters. The molecule has 2 N–H and O–H groups in total. The van der Waals surface area contributed by atoms with Crippen molar-refractivity contribution in [2.45, 2.75) is 13.8 Å². The molecular weight excluding hydrogens is 242 g/mol. The fourth-order valence-electron chi connectivity index (χ4n) is 1.32. The molecule has 1 heterocycles.